The molecule has 0 unspecified atom stereocenters. The van der Waals surface area contributed by atoms with Crippen LogP contribution < -0.4 is 5.32 Å². The van der Waals surface area contributed by atoms with Crippen LogP contribution in [0, 0.1) is 0 Å². The standard InChI is InChI=1S/C14H20N2O4S/c1-11(17)15-7-4-8-16(9-6-13(18)20-2)14(19)12-5-3-10-21-12/h3,5,10H,4,6-9H2,1-2H3,(H,15,17). The van der Waals surface area contributed by atoms with Crippen LogP contribution in [0.15, 0.2) is 17.5 Å². The van der Waals surface area contributed by atoms with E-state index in [0.717, 1.165) is 0 Å². The van der Waals surface area contributed by atoms with Crippen molar-refractivity contribution in [2.75, 3.05) is 26.7 Å². The molecule has 2 amide bonds. The summed E-state index contributed by atoms with van der Waals surface area (Å²) in [6.07, 6.45) is 0.797. The molecule has 0 spiro atoms. The van der Waals surface area contributed by atoms with Gasteiger partial charge in [0.1, 0.15) is 0 Å². The highest BCUT2D eigenvalue weighted by Crippen LogP contribution is 2.12. The number of carbonyl (C=O) groups excluding carboxylic acids is 3. The maximum absolute atomic E-state index is 12.3. The minimum Gasteiger partial charge on any atom is -0.469 e. The Bertz CT molecular complexity index is 473. The summed E-state index contributed by atoms with van der Waals surface area (Å²) in [6, 6.07) is 3.57. The molecule has 0 bridgehead atoms. The fraction of sp³-hybridized carbons (Fsp3) is 0.500. The van der Waals surface area contributed by atoms with Gasteiger partial charge in [-0.3, -0.25) is 14.4 Å². The van der Waals surface area contributed by atoms with Gasteiger partial charge < -0.3 is 15.0 Å². The predicted octanol–water partition coefficient (Wildman–Crippen LogP) is 1.28. The molecule has 7 heteroatoms. The molecule has 1 aromatic heterocycles. The van der Waals surface area contributed by atoms with Crippen molar-refractivity contribution in [2.24, 2.45) is 0 Å². The van der Waals surface area contributed by atoms with Gasteiger partial charge in [-0.1, -0.05) is 6.07 Å². The number of amides is 2. The highest BCUT2D eigenvalue weighted by atomic mass is 32.1. The van der Waals surface area contributed by atoms with Gasteiger partial charge in [0.25, 0.3) is 5.91 Å². The van der Waals surface area contributed by atoms with Crippen molar-refractivity contribution >= 4 is 29.1 Å². The first-order valence-electron chi connectivity index (χ1n) is 6.68. The van der Waals surface area contributed by atoms with Crippen molar-refractivity contribution in [3.8, 4) is 0 Å². The van der Waals surface area contributed by atoms with Crippen molar-refractivity contribution in [3.05, 3.63) is 22.4 Å². The number of carbonyl (C=O) groups is 3. The molecular formula is C14H20N2O4S. The van der Waals surface area contributed by atoms with Gasteiger partial charge in [-0.15, -0.1) is 11.3 Å². The molecule has 1 rings (SSSR count). The number of rotatable bonds is 8. The third kappa shape index (κ3) is 6.40. The van der Waals surface area contributed by atoms with E-state index in [0.29, 0.717) is 30.9 Å². The molecule has 21 heavy (non-hydrogen) atoms. The van der Waals surface area contributed by atoms with Crippen LogP contribution in [0.25, 0.3) is 0 Å². The van der Waals surface area contributed by atoms with Gasteiger partial charge in [0.05, 0.1) is 18.4 Å². The van der Waals surface area contributed by atoms with Crippen LogP contribution in [0.4, 0.5) is 0 Å². The first-order valence-corrected chi connectivity index (χ1v) is 7.56. The Hall–Kier alpha value is -1.89. The minimum absolute atomic E-state index is 0.0966. The molecule has 0 fully saturated rings. The Balaban J connectivity index is 2.54. The van der Waals surface area contributed by atoms with Gasteiger partial charge >= 0.3 is 5.97 Å². The van der Waals surface area contributed by atoms with E-state index in [1.54, 1.807) is 11.0 Å². The van der Waals surface area contributed by atoms with Gasteiger partial charge in [-0.05, 0) is 17.9 Å². The number of esters is 1. The lowest BCUT2D eigenvalue weighted by Crippen LogP contribution is -2.35. The maximum Gasteiger partial charge on any atom is 0.307 e. The van der Waals surface area contributed by atoms with E-state index in [4.69, 9.17) is 0 Å². The topological polar surface area (TPSA) is 75.7 Å². The molecule has 1 N–H and O–H groups in total. The maximum atomic E-state index is 12.3. The number of methoxy groups -OCH3 is 1. The molecule has 0 aliphatic heterocycles. The Morgan fingerprint density at radius 3 is 2.67 bits per heavy atom. The summed E-state index contributed by atoms with van der Waals surface area (Å²) in [7, 11) is 1.32. The molecule has 0 aromatic carbocycles. The van der Waals surface area contributed by atoms with Crippen molar-refractivity contribution < 1.29 is 19.1 Å². The van der Waals surface area contributed by atoms with Crippen molar-refractivity contribution in [1.29, 1.82) is 0 Å². The summed E-state index contributed by atoms with van der Waals surface area (Å²) in [4.78, 5) is 36.6. The average molecular weight is 312 g/mol. The molecule has 0 saturated heterocycles. The summed E-state index contributed by atoms with van der Waals surface area (Å²) in [5.74, 6) is -0.543. The number of nitrogens with one attached hydrogen (secondary N) is 1. The number of hydrogen-bond donors (Lipinski definition) is 1. The molecule has 0 aliphatic carbocycles. The molecule has 0 aliphatic rings. The second-order valence-electron chi connectivity index (χ2n) is 4.43. The van der Waals surface area contributed by atoms with E-state index in [1.165, 1.54) is 25.4 Å². The highest BCUT2D eigenvalue weighted by molar-refractivity contribution is 7.12. The quantitative estimate of drug-likeness (QED) is 0.579. The number of hydrogen-bond acceptors (Lipinski definition) is 5. The molecule has 116 valence electrons. The number of ether oxygens (including phenoxy) is 1. The third-order valence-corrected chi connectivity index (χ3v) is 3.67. The lowest BCUT2D eigenvalue weighted by atomic mass is 10.3. The van der Waals surface area contributed by atoms with E-state index in [2.05, 4.69) is 10.1 Å². The lowest BCUT2D eigenvalue weighted by Gasteiger charge is -2.21. The van der Waals surface area contributed by atoms with Crippen LogP contribution in [-0.4, -0.2) is 49.4 Å². The van der Waals surface area contributed by atoms with E-state index in [1.807, 2.05) is 11.4 Å². The monoisotopic (exact) mass is 312 g/mol. The zero-order chi connectivity index (χ0) is 15.7. The molecule has 0 radical (unpaired) electrons. The van der Waals surface area contributed by atoms with Crippen LogP contribution in [0.2, 0.25) is 0 Å². The predicted molar refractivity (Wildman–Crippen MR) is 80.2 cm³/mol. The van der Waals surface area contributed by atoms with Crippen LogP contribution in [0.5, 0.6) is 0 Å². The van der Waals surface area contributed by atoms with E-state index < -0.39 is 0 Å². The zero-order valence-electron chi connectivity index (χ0n) is 12.3. The van der Waals surface area contributed by atoms with Crippen molar-refractivity contribution in [3.63, 3.8) is 0 Å². The smallest absolute Gasteiger partial charge is 0.307 e. The first kappa shape index (κ1) is 17.2. The highest BCUT2D eigenvalue weighted by Gasteiger charge is 2.17. The van der Waals surface area contributed by atoms with E-state index in [-0.39, 0.29) is 24.2 Å². The van der Waals surface area contributed by atoms with Crippen LogP contribution in [0.1, 0.15) is 29.4 Å². The second-order valence-corrected chi connectivity index (χ2v) is 5.38. The Morgan fingerprint density at radius 1 is 1.33 bits per heavy atom. The summed E-state index contributed by atoms with van der Waals surface area (Å²) in [5, 5.41) is 4.52. The van der Waals surface area contributed by atoms with Crippen LogP contribution in [-0.2, 0) is 14.3 Å². The average Bonchev–Trinajstić information content (AvgIpc) is 2.99. The van der Waals surface area contributed by atoms with Gasteiger partial charge in [0.2, 0.25) is 5.91 Å². The first-order chi connectivity index (χ1) is 10.0. The number of nitrogens with zero attached hydrogens (tertiary/aromatic N) is 1. The number of thiophene rings is 1. The van der Waals surface area contributed by atoms with Crippen LogP contribution >= 0.6 is 11.3 Å². The largest absolute Gasteiger partial charge is 0.469 e. The van der Waals surface area contributed by atoms with E-state index >= 15 is 0 Å². The van der Waals surface area contributed by atoms with Gasteiger partial charge in [-0.25, -0.2) is 0 Å². The summed E-state index contributed by atoms with van der Waals surface area (Å²) < 4.78 is 4.60. The van der Waals surface area contributed by atoms with Crippen molar-refractivity contribution in [2.45, 2.75) is 19.8 Å². The lowest BCUT2D eigenvalue weighted by molar-refractivity contribution is -0.140. The van der Waals surface area contributed by atoms with Gasteiger partial charge in [0.15, 0.2) is 0 Å². The zero-order valence-corrected chi connectivity index (χ0v) is 13.1. The fourth-order valence-corrected chi connectivity index (χ4v) is 2.42. The second kappa shape index (κ2) is 9.12. The Kier molecular flexibility index (Phi) is 7.45. The Morgan fingerprint density at radius 2 is 2.10 bits per heavy atom. The SMILES string of the molecule is COC(=O)CCN(CCCNC(C)=O)C(=O)c1cccs1. The van der Waals surface area contributed by atoms with Gasteiger partial charge in [0, 0.05) is 26.6 Å². The minimum atomic E-state index is -0.346. The summed E-state index contributed by atoms with van der Waals surface area (Å²) in [6.45, 7) is 2.74. The molecule has 6 nitrogen and oxygen atoms in total. The summed E-state index contributed by atoms with van der Waals surface area (Å²) in [5.41, 5.74) is 0. The van der Waals surface area contributed by atoms with Crippen molar-refractivity contribution in [1.82, 2.24) is 10.2 Å². The molecule has 0 atom stereocenters. The van der Waals surface area contributed by atoms with Gasteiger partial charge in [-0.2, -0.15) is 0 Å². The fourth-order valence-electron chi connectivity index (χ4n) is 1.73. The molecule has 1 aromatic rings. The Labute approximate surface area is 128 Å². The third-order valence-electron chi connectivity index (χ3n) is 2.81. The normalized spacial score (nSPS) is 10.0. The molecular weight excluding hydrogens is 292 g/mol. The molecule has 1 heterocycles. The van der Waals surface area contributed by atoms with Crippen LogP contribution in [0.3, 0.4) is 0 Å². The molecule has 0 saturated carbocycles. The summed E-state index contributed by atoms with van der Waals surface area (Å²) >= 11 is 1.37. The van der Waals surface area contributed by atoms with E-state index in [9.17, 15) is 14.4 Å².